The van der Waals surface area contributed by atoms with E-state index in [2.05, 4.69) is 20.6 Å². The number of hydrogen-bond acceptors (Lipinski definition) is 6. The Morgan fingerprint density at radius 2 is 1.81 bits per heavy atom. The molecule has 0 fully saturated rings. The molecule has 132 valence electrons. The number of para-hydroxylation sites is 1. The Balaban J connectivity index is 1.74. The van der Waals surface area contributed by atoms with Gasteiger partial charge in [-0.25, -0.2) is 14.8 Å². The third kappa shape index (κ3) is 4.29. The molecule has 0 unspecified atom stereocenters. The minimum Gasteiger partial charge on any atom is -0.465 e. The SMILES string of the molecule is COC(=O)c1ccccc1Nc1cc(NCc2ccccc2Cl)ncn1. The van der Waals surface area contributed by atoms with Gasteiger partial charge in [0.2, 0.25) is 0 Å². The van der Waals surface area contributed by atoms with Gasteiger partial charge in [0.05, 0.1) is 18.4 Å². The van der Waals surface area contributed by atoms with Crippen LogP contribution in [0.2, 0.25) is 5.02 Å². The number of esters is 1. The summed E-state index contributed by atoms with van der Waals surface area (Å²) in [4.78, 5) is 20.3. The first kappa shape index (κ1) is 17.7. The van der Waals surface area contributed by atoms with Crippen LogP contribution in [-0.4, -0.2) is 23.0 Å². The quantitative estimate of drug-likeness (QED) is 0.633. The zero-order valence-electron chi connectivity index (χ0n) is 14.1. The van der Waals surface area contributed by atoms with Gasteiger partial charge in [0, 0.05) is 17.6 Å². The summed E-state index contributed by atoms with van der Waals surface area (Å²) in [7, 11) is 1.35. The zero-order chi connectivity index (χ0) is 18.4. The third-order valence-electron chi connectivity index (χ3n) is 3.68. The molecule has 0 amide bonds. The van der Waals surface area contributed by atoms with Crippen molar-refractivity contribution in [3.05, 3.63) is 77.1 Å². The van der Waals surface area contributed by atoms with E-state index in [1.807, 2.05) is 30.3 Å². The van der Waals surface area contributed by atoms with Gasteiger partial charge in [0.15, 0.2) is 0 Å². The number of methoxy groups -OCH3 is 1. The number of anilines is 3. The number of nitrogens with zero attached hydrogens (tertiary/aromatic N) is 2. The van der Waals surface area contributed by atoms with E-state index < -0.39 is 5.97 Å². The number of nitrogens with one attached hydrogen (secondary N) is 2. The van der Waals surface area contributed by atoms with E-state index in [1.165, 1.54) is 13.4 Å². The van der Waals surface area contributed by atoms with Crippen molar-refractivity contribution in [3.63, 3.8) is 0 Å². The lowest BCUT2D eigenvalue weighted by molar-refractivity contribution is 0.0602. The van der Waals surface area contributed by atoms with Gasteiger partial charge in [-0.1, -0.05) is 41.9 Å². The van der Waals surface area contributed by atoms with Crippen LogP contribution < -0.4 is 10.6 Å². The van der Waals surface area contributed by atoms with Gasteiger partial charge >= 0.3 is 5.97 Å². The van der Waals surface area contributed by atoms with Crippen molar-refractivity contribution >= 4 is 34.9 Å². The molecule has 7 heteroatoms. The predicted octanol–water partition coefficient (Wildman–Crippen LogP) is 4.27. The fourth-order valence-electron chi connectivity index (χ4n) is 2.37. The summed E-state index contributed by atoms with van der Waals surface area (Å²) in [6, 6.07) is 16.4. The van der Waals surface area contributed by atoms with Crippen LogP contribution in [0.15, 0.2) is 60.9 Å². The number of rotatable bonds is 6. The number of benzene rings is 2. The topological polar surface area (TPSA) is 76.1 Å². The lowest BCUT2D eigenvalue weighted by atomic mass is 10.2. The Labute approximate surface area is 156 Å². The van der Waals surface area contributed by atoms with E-state index in [9.17, 15) is 4.79 Å². The molecule has 1 aromatic heterocycles. The number of carbonyl (C=O) groups excluding carboxylic acids is 1. The van der Waals surface area contributed by atoms with E-state index in [1.54, 1.807) is 24.3 Å². The highest BCUT2D eigenvalue weighted by Crippen LogP contribution is 2.22. The monoisotopic (exact) mass is 368 g/mol. The molecule has 0 saturated carbocycles. The molecule has 0 aliphatic heterocycles. The smallest absolute Gasteiger partial charge is 0.339 e. The molecule has 0 radical (unpaired) electrons. The lowest BCUT2D eigenvalue weighted by Crippen LogP contribution is -2.07. The standard InChI is InChI=1S/C19H17ClN4O2/c1-26-19(25)14-7-3-5-9-16(14)24-18-10-17(22-12-23-18)21-11-13-6-2-4-8-15(13)20/h2-10,12H,11H2,1H3,(H2,21,22,23,24). The fraction of sp³-hybridized carbons (Fsp3) is 0.105. The molecule has 0 saturated heterocycles. The Morgan fingerprint density at radius 1 is 1.08 bits per heavy atom. The first-order chi connectivity index (χ1) is 12.7. The largest absolute Gasteiger partial charge is 0.465 e. The van der Waals surface area contributed by atoms with Crippen molar-refractivity contribution in [2.24, 2.45) is 0 Å². The summed E-state index contributed by atoms with van der Waals surface area (Å²) in [6.45, 7) is 0.537. The van der Waals surface area contributed by atoms with E-state index in [4.69, 9.17) is 16.3 Å². The number of carbonyl (C=O) groups is 1. The highest BCUT2D eigenvalue weighted by atomic mass is 35.5. The van der Waals surface area contributed by atoms with Crippen LogP contribution in [0, 0.1) is 0 Å². The maximum atomic E-state index is 11.9. The van der Waals surface area contributed by atoms with E-state index in [0.717, 1.165) is 5.56 Å². The highest BCUT2D eigenvalue weighted by Gasteiger charge is 2.11. The van der Waals surface area contributed by atoms with Crippen molar-refractivity contribution in [2.75, 3.05) is 17.7 Å². The first-order valence-electron chi connectivity index (χ1n) is 7.91. The van der Waals surface area contributed by atoms with Crippen molar-refractivity contribution in [3.8, 4) is 0 Å². The third-order valence-corrected chi connectivity index (χ3v) is 4.05. The normalized spacial score (nSPS) is 10.2. The molecule has 2 N–H and O–H groups in total. The molecule has 0 aliphatic rings. The van der Waals surface area contributed by atoms with Crippen LogP contribution in [0.25, 0.3) is 0 Å². The summed E-state index contributed by atoms with van der Waals surface area (Å²) in [5, 5.41) is 7.02. The van der Waals surface area contributed by atoms with Gasteiger partial charge in [0.25, 0.3) is 0 Å². The maximum absolute atomic E-state index is 11.9. The molecule has 0 spiro atoms. The Bertz CT molecular complexity index is 917. The molecule has 0 bridgehead atoms. The van der Waals surface area contributed by atoms with Gasteiger partial charge in [-0.3, -0.25) is 0 Å². The summed E-state index contributed by atoms with van der Waals surface area (Å²) in [6.07, 6.45) is 1.44. The van der Waals surface area contributed by atoms with Crippen molar-refractivity contribution in [2.45, 2.75) is 6.54 Å². The Kier molecular flexibility index (Phi) is 5.66. The summed E-state index contributed by atoms with van der Waals surface area (Å²) >= 11 is 6.16. The van der Waals surface area contributed by atoms with Crippen LogP contribution in [0.4, 0.5) is 17.3 Å². The Morgan fingerprint density at radius 3 is 2.62 bits per heavy atom. The van der Waals surface area contributed by atoms with Crippen LogP contribution >= 0.6 is 11.6 Å². The predicted molar refractivity (Wildman–Crippen MR) is 102 cm³/mol. The van der Waals surface area contributed by atoms with E-state index in [0.29, 0.717) is 34.5 Å². The lowest BCUT2D eigenvalue weighted by Gasteiger charge is -2.11. The second kappa shape index (κ2) is 8.31. The van der Waals surface area contributed by atoms with Crippen LogP contribution in [0.1, 0.15) is 15.9 Å². The molecular weight excluding hydrogens is 352 g/mol. The highest BCUT2D eigenvalue weighted by molar-refractivity contribution is 6.31. The molecule has 6 nitrogen and oxygen atoms in total. The van der Waals surface area contributed by atoms with Crippen LogP contribution in [-0.2, 0) is 11.3 Å². The summed E-state index contributed by atoms with van der Waals surface area (Å²) in [5.74, 6) is 0.773. The first-order valence-corrected chi connectivity index (χ1v) is 8.29. The van der Waals surface area contributed by atoms with Gasteiger partial charge < -0.3 is 15.4 Å². The maximum Gasteiger partial charge on any atom is 0.339 e. The molecular formula is C19H17ClN4O2. The fourth-order valence-corrected chi connectivity index (χ4v) is 2.57. The molecule has 3 rings (SSSR count). The minimum atomic E-state index is -0.417. The second-order valence-corrected chi connectivity index (χ2v) is 5.80. The zero-order valence-corrected chi connectivity index (χ0v) is 14.8. The number of aromatic nitrogens is 2. The molecule has 26 heavy (non-hydrogen) atoms. The van der Waals surface area contributed by atoms with Gasteiger partial charge in [-0.05, 0) is 23.8 Å². The number of ether oxygens (including phenoxy) is 1. The van der Waals surface area contributed by atoms with Gasteiger partial charge in [0.1, 0.15) is 18.0 Å². The van der Waals surface area contributed by atoms with Crippen LogP contribution in [0.3, 0.4) is 0 Å². The van der Waals surface area contributed by atoms with Crippen molar-refractivity contribution in [1.82, 2.24) is 9.97 Å². The van der Waals surface area contributed by atoms with E-state index >= 15 is 0 Å². The average molecular weight is 369 g/mol. The van der Waals surface area contributed by atoms with Gasteiger partial charge in [-0.15, -0.1) is 0 Å². The molecule has 0 aliphatic carbocycles. The summed E-state index contributed by atoms with van der Waals surface area (Å²) < 4.78 is 4.80. The molecule has 1 heterocycles. The molecule has 3 aromatic rings. The number of hydrogen-bond donors (Lipinski definition) is 2. The van der Waals surface area contributed by atoms with Gasteiger partial charge in [-0.2, -0.15) is 0 Å². The summed E-state index contributed by atoms with van der Waals surface area (Å²) in [5.41, 5.74) is 2.01. The molecule has 2 aromatic carbocycles. The molecule has 0 atom stereocenters. The average Bonchev–Trinajstić information content (AvgIpc) is 2.67. The van der Waals surface area contributed by atoms with Crippen molar-refractivity contribution < 1.29 is 9.53 Å². The second-order valence-electron chi connectivity index (χ2n) is 5.40. The van der Waals surface area contributed by atoms with Crippen molar-refractivity contribution in [1.29, 1.82) is 0 Å². The minimum absolute atomic E-state index is 0.417. The van der Waals surface area contributed by atoms with E-state index in [-0.39, 0.29) is 0 Å². The Hall–Kier alpha value is -3.12. The number of halogens is 1. The van der Waals surface area contributed by atoms with Crippen LogP contribution in [0.5, 0.6) is 0 Å².